The zero-order chi connectivity index (χ0) is 14.4. The van der Waals surface area contributed by atoms with Crippen LogP contribution in [0.3, 0.4) is 0 Å². The summed E-state index contributed by atoms with van der Waals surface area (Å²) in [6, 6.07) is 13.0. The van der Waals surface area contributed by atoms with Crippen LogP contribution in [0.15, 0.2) is 42.5 Å². The van der Waals surface area contributed by atoms with E-state index in [4.69, 9.17) is 26.8 Å². The molecule has 0 fully saturated rings. The second-order valence-corrected chi connectivity index (χ2v) is 4.76. The molecule has 0 radical (unpaired) electrons. The number of nitrogens with two attached hydrogens (primary N) is 1. The number of benzene rings is 2. The highest BCUT2D eigenvalue weighted by molar-refractivity contribution is 6.32. The van der Waals surface area contributed by atoms with Gasteiger partial charge >= 0.3 is 0 Å². The van der Waals surface area contributed by atoms with Crippen LogP contribution in [-0.4, -0.2) is 6.61 Å². The average molecular weight is 292 g/mol. The molecule has 3 nitrogen and oxygen atoms in total. The van der Waals surface area contributed by atoms with Crippen LogP contribution in [0.4, 0.5) is 0 Å². The van der Waals surface area contributed by atoms with Crippen LogP contribution in [0, 0.1) is 0 Å². The largest absolute Gasteiger partial charge is 0.494 e. The molecule has 0 atom stereocenters. The predicted molar refractivity (Wildman–Crippen MR) is 81.6 cm³/mol. The van der Waals surface area contributed by atoms with Crippen molar-refractivity contribution in [1.29, 1.82) is 0 Å². The number of halogens is 1. The molecule has 2 aromatic carbocycles. The fourth-order valence-corrected chi connectivity index (χ4v) is 2.00. The van der Waals surface area contributed by atoms with Crippen molar-refractivity contribution in [1.82, 2.24) is 0 Å². The van der Waals surface area contributed by atoms with Crippen molar-refractivity contribution in [3.63, 3.8) is 0 Å². The summed E-state index contributed by atoms with van der Waals surface area (Å²) in [6.07, 6.45) is 0.984. The van der Waals surface area contributed by atoms with E-state index in [1.807, 2.05) is 36.4 Å². The first kappa shape index (κ1) is 14.7. The molecule has 0 amide bonds. The maximum atomic E-state index is 6.15. The summed E-state index contributed by atoms with van der Waals surface area (Å²) in [7, 11) is 0. The predicted octanol–water partition coefficient (Wildman–Crippen LogP) is 4.38. The molecular weight excluding hydrogens is 274 g/mol. The van der Waals surface area contributed by atoms with Crippen molar-refractivity contribution in [3.8, 4) is 17.2 Å². The first-order valence-electron chi connectivity index (χ1n) is 6.62. The van der Waals surface area contributed by atoms with E-state index < -0.39 is 0 Å². The molecule has 106 valence electrons. The van der Waals surface area contributed by atoms with Gasteiger partial charge in [0.1, 0.15) is 17.2 Å². The van der Waals surface area contributed by atoms with Crippen LogP contribution in [0.5, 0.6) is 17.2 Å². The van der Waals surface area contributed by atoms with E-state index in [9.17, 15) is 0 Å². The van der Waals surface area contributed by atoms with Gasteiger partial charge < -0.3 is 15.2 Å². The quantitative estimate of drug-likeness (QED) is 0.859. The van der Waals surface area contributed by atoms with E-state index in [0.29, 0.717) is 29.7 Å². The summed E-state index contributed by atoms with van der Waals surface area (Å²) < 4.78 is 11.4. The van der Waals surface area contributed by atoms with E-state index in [-0.39, 0.29) is 0 Å². The molecule has 0 bridgehead atoms. The maximum absolute atomic E-state index is 6.15. The molecule has 4 heteroatoms. The Labute approximate surface area is 124 Å². The fourth-order valence-electron chi connectivity index (χ4n) is 1.77. The summed E-state index contributed by atoms with van der Waals surface area (Å²) >= 11 is 6.15. The molecule has 0 saturated heterocycles. The van der Waals surface area contributed by atoms with E-state index in [1.165, 1.54) is 0 Å². The zero-order valence-corrected chi connectivity index (χ0v) is 12.2. The minimum atomic E-state index is 0.383. The Morgan fingerprint density at radius 2 is 1.75 bits per heavy atom. The van der Waals surface area contributed by atoms with Crippen molar-refractivity contribution in [2.45, 2.75) is 19.9 Å². The lowest BCUT2D eigenvalue weighted by atomic mass is 10.2. The summed E-state index contributed by atoms with van der Waals surface area (Å²) in [5.74, 6) is 2.15. The highest BCUT2D eigenvalue weighted by Gasteiger charge is 2.08. The van der Waals surface area contributed by atoms with Gasteiger partial charge in [-0.05, 0) is 36.8 Å². The molecule has 2 N–H and O–H groups in total. The monoisotopic (exact) mass is 291 g/mol. The SMILES string of the molecule is CCCOc1ccc(Oc2c(Cl)cccc2CN)cc1. The molecule has 2 aromatic rings. The van der Waals surface area contributed by atoms with Crippen LogP contribution >= 0.6 is 11.6 Å². The summed E-state index contributed by atoms with van der Waals surface area (Å²) in [5, 5.41) is 0.555. The van der Waals surface area contributed by atoms with Gasteiger partial charge in [0.2, 0.25) is 0 Å². The van der Waals surface area contributed by atoms with Crippen molar-refractivity contribution in [2.24, 2.45) is 5.73 Å². The highest BCUT2D eigenvalue weighted by atomic mass is 35.5. The van der Waals surface area contributed by atoms with E-state index in [0.717, 1.165) is 17.7 Å². The zero-order valence-electron chi connectivity index (χ0n) is 11.4. The second kappa shape index (κ2) is 7.17. The van der Waals surface area contributed by atoms with Gasteiger partial charge in [0.05, 0.1) is 11.6 Å². The van der Waals surface area contributed by atoms with Gasteiger partial charge in [0, 0.05) is 12.1 Å². The molecule has 0 aromatic heterocycles. The molecule has 0 aliphatic rings. The van der Waals surface area contributed by atoms with E-state index in [1.54, 1.807) is 6.07 Å². The molecule has 20 heavy (non-hydrogen) atoms. The minimum Gasteiger partial charge on any atom is -0.494 e. The molecule has 0 saturated carbocycles. The topological polar surface area (TPSA) is 44.5 Å². The van der Waals surface area contributed by atoms with Crippen LogP contribution in [0.25, 0.3) is 0 Å². The van der Waals surface area contributed by atoms with Crippen molar-refractivity contribution in [3.05, 3.63) is 53.1 Å². The summed E-state index contributed by atoms with van der Waals surface area (Å²) in [5.41, 5.74) is 6.57. The third-order valence-corrected chi connectivity index (χ3v) is 3.08. The lowest BCUT2D eigenvalue weighted by Gasteiger charge is -2.12. The Hall–Kier alpha value is -1.71. The third kappa shape index (κ3) is 3.65. The summed E-state index contributed by atoms with van der Waals surface area (Å²) in [6.45, 7) is 3.17. The first-order valence-corrected chi connectivity index (χ1v) is 7.00. The Morgan fingerprint density at radius 3 is 2.40 bits per heavy atom. The number of ether oxygens (including phenoxy) is 2. The standard InChI is InChI=1S/C16H18ClNO2/c1-2-10-19-13-6-8-14(9-7-13)20-16-12(11-18)4-3-5-15(16)17/h3-9H,2,10-11,18H2,1H3. The minimum absolute atomic E-state index is 0.383. The van der Waals surface area contributed by atoms with E-state index in [2.05, 4.69) is 6.92 Å². The lowest BCUT2D eigenvalue weighted by molar-refractivity contribution is 0.317. The molecule has 0 heterocycles. The molecule has 2 rings (SSSR count). The smallest absolute Gasteiger partial charge is 0.150 e. The van der Waals surface area contributed by atoms with Gasteiger partial charge in [-0.2, -0.15) is 0 Å². The lowest BCUT2D eigenvalue weighted by Crippen LogP contribution is -2.00. The first-order chi connectivity index (χ1) is 9.74. The normalized spacial score (nSPS) is 10.3. The van der Waals surface area contributed by atoms with Crippen molar-refractivity contribution in [2.75, 3.05) is 6.61 Å². The fraction of sp³-hybridized carbons (Fsp3) is 0.250. The average Bonchev–Trinajstić information content (AvgIpc) is 2.48. The molecule has 0 aliphatic heterocycles. The maximum Gasteiger partial charge on any atom is 0.150 e. The summed E-state index contributed by atoms with van der Waals surface area (Å²) in [4.78, 5) is 0. The number of rotatable bonds is 6. The van der Waals surface area contributed by atoms with E-state index >= 15 is 0 Å². The van der Waals surface area contributed by atoms with Gasteiger partial charge in [0.15, 0.2) is 0 Å². The van der Waals surface area contributed by atoms with Gasteiger partial charge in [-0.25, -0.2) is 0 Å². The Bertz CT molecular complexity index is 555. The molecular formula is C16H18ClNO2. The Balaban J connectivity index is 2.14. The Morgan fingerprint density at radius 1 is 1.05 bits per heavy atom. The van der Waals surface area contributed by atoms with Crippen LogP contribution in [-0.2, 0) is 6.54 Å². The Kier molecular flexibility index (Phi) is 5.27. The molecule has 0 unspecified atom stereocenters. The van der Waals surface area contributed by atoms with Crippen LogP contribution < -0.4 is 15.2 Å². The van der Waals surface area contributed by atoms with Crippen molar-refractivity contribution >= 4 is 11.6 Å². The van der Waals surface area contributed by atoms with Crippen LogP contribution in [0.2, 0.25) is 5.02 Å². The van der Waals surface area contributed by atoms with Gasteiger partial charge in [-0.1, -0.05) is 30.7 Å². The number of para-hydroxylation sites is 1. The number of hydrogen-bond donors (Lipinski definition) is 1. The van der Waals surface area contributed by atoms with Crippen molar-refractivity contribution < 1.29 is 9.47 Å². The number of hydrogen-bond acceptors (Lipinski definition) is 3. The highest BCUT2D eigenvalue weighted by Crippen LogP contribution is 2.33. The third-order valence-electron chi connectivity index (χ3n) is 2.78. The van der Waals surface area contributed by atoms with Gasteiger partial charge in [0.25, 0.3) is 0 Å². The molecule has 0 spiro atoms. The van der Waals surface area contributed by atoms with Gasteiger partial charge in [-0.15, -0.1) is 0 Å². The molecule has 0 aliphatic carbocycles. The van der Waals surface area contributed by atoms with Crippen LogP contribution in [0.1, 0.15) is 18.9 Å². The second-order valence-electron chi connectivity index (χ2n) is 4.35. The van der Waals surface area contributed by atoms with Gasteiger partial charge in [-0.3, -0.25) is 0 Å².